The third-order valence-corrected chi connectivity index (χ3v) is 4.69. The van der Waals surface area contributed by atoms with Crippen molar-refractivity contribution in [3.05, 3.63) is 59.9 Å². The highest BCUT2D eigenvalue weighted by Gasteiger charge is 2.15. The summed E-state index contributed by atoms with van der Waals surface area (Å²) in [6.45, 7) is 7.45. The van der Waals surface area contributed by atoms with Crippen LogP contribution in [-0.2, 0) is 12.3 Å². The first-order chi connectivity index (χ1) is 11.6. The summed E-state index contributed by atoms with van der Waals surface area (Å²) in [4.78, 5) is 4.09. The van der Waals surface area contributed by atoms with E-state index in [2.05, 4.69) is 64.8 Å². The Bertz CT molecular complexity index is 796. The maximum atomic E-state index is 4.44. The highest BCUT2D eigenvalue weighted by Crippen LogP contribution is 2.27. The molecule has 2 aromatic heterocycles. The monoisotopic (exact) mass is 338 g/mol. The van der Waals surface area contributed by atoms with Gasteiger partial charge in [-0.05, 0) is 30.5 Å². The van der Waals surface area contributed by atoms with Crippen LogP contribution in [0.3, 0.4) is 0 Å². The molecule has 24 heavy (non-hydrogen) atoms. The minimum absolute atomic E-state index is 0.528. The quantitative estimate of drug-likeness (QED) is 0.616. The average molecular weight is 338 g/mol. The van der Waals surface area contributed by atoms with Crippen molar-refractivity contribution in [2.45, 2.75) is 38.2 Å². The molecule has 0 amide bonds. The number of hydrogen-bond donors (Lipinski definition) is 0. The van der Waals surface area contributed by atoms with Crippen LogP contribution < -0.4 is 0 Å². The Hall–Kier alpha value is -2.14. The molecule has 3 rings (SSSR count). The highest BCUT2D eigenvalue weighted by atomic mass is 32.2. The number of thioether (sulfide) groups is 1. The SMILES string of the molecule is Cc1cccc(CSc2nnc(-c3ccncc3)n2CC(C)C)c1. The van der Waals surface area contributed by atoms with Crippen molar-refractivity contribution in [1.29, 1.82) is 0 Å². The number of benzene rings is 1. The Balaban J connectivity index is 1.86. The lowest BCUT2D eigenvalue weighted by molar-refractivity contribution is 0.498. The first-order valence-electron chi connectivity index (χ1n) is 8.15. The van der Waals surface area contributed by atoms with Gasteiger partial charge >= 0.3 is 0 Å². The molecule has 0 saturated carbocycles. The first-order valence-corrected chi connectivity index (χ1v) is 9.14. The van der Waals surface area contributed by atoms with Crippen molar-refractivity contribution in [2.75, 3.05) is 0 Å². The Kier molecular flexibility index (Phi) is 5.30. The van der Waals surface area contributed by atoms with Gasteiger partial charge < -0.3 is 4.57 Å². The van der Waals surface area contributed by atoms with Crippen molar-refractivity contribution < 1.29 is 0 Å². The molecule has 0 bridgehead atoms. The molecular weight excluding hydrogens is 316 g/mol. The maximum absolute atomic E-state index is 4.44. The summed E-state index contributed by atoms with van der Waals surface area (Å²) in [5.41, 5.74) is 3.65. The largest absolute Gasteiger partial charge is 0.302 e. The molecule has 0 aliphatic carbocycles. The van der Waals surface area contributed by atoms with Crippen LogP contribution in [0, 0.1) is 12.8 Å². The van der Waals surface area contributed by atoms with Crippen LogP contribution in [0.25, 0.3) is 11.4 Å². The van der Waals surface area contributed by atoms with E-state index >= 15 is 0 Å². The number of aromatic nitrogens is 4. The molecule has 0 aliphatic rings. The summed E-state index contributed by atoms with van der Waals surface area (Å²) < 4.78 is 2.22. The van der Waals surface area contributed by atoms with Crippen LogP contribution >= 0.6 is 11.8 Å². The van der Waals surface area contributed by atoms with Crippen molar-refractivity contribution >= 4 is 11.8 Å². The molecule has 2 heterocycles. The summed E-state index contributed by atoms with van der Waals surface area (Å²) in [7, 11) is 0. The third-order valence-electron chi connectivity index (χ3n) is 3.65. The van der Waals surface area contributed by atoms with Crippen LogP contribution in [0.2, 0.25) is 0 Å². The minimum atomic E-state index is 0.528. The number of rotatable bonds is 6. The van der Waals surface area contributed by atoms with Gasteiger partial charge in [-0.3, -0.25) is 4.98 Å². The summed E-state index contributed by atoms with van der Waals surface area (Å²) in [5, 5.41) is 9.84. The predicted octanol–water partition coefficient (Wildman–Crippen LogP) is 4.60. The molecule has 0 spiro atoms. The van der Waals surface area contributed by atoms with Crippen molar-refractivity contribution in [2.24, 2.45) is 5.92 Å². The predicted molar refractivity (Wildman–Crippen MR) is 98.8 cm³/mol. The molecule has 5 heteroatoms. The summed E-state index contributed by atoms with van der Waals surface area (Å²) >= 11 is 1.74. The number of aryl methyl sites for hydroxylation is 1. The average Bonchev–Trinajstić information content (AvgIpc) is 2.96. The van der Waals surface area contributed by atoms with Crippen LogP contribution in [0.5, 0.6) is 0 Å². The molecule has 0 atom stereocenters. The van der Waals surface area contributed by atoms with E-state index in [-0.39, 0.29) is 0 Å². The zero-order valence-electron chi connectivity index (χ0n) is 14.3. The molecule has 0 fully saturated rings. The third kappa shape index (κ3) is 4.03. The topological polar surface area (TPSA) is 43.6 Å². The second-order valence-corrected chi connectivity index (χ2v) is 7.27. The van der Waals surface area contributed by atoms with E-state index in [1.165, 1.54) is 11.1 Å². The van der Waals surface area contributed by atoms with E-state index < -0.39 is 0 Å². The molecule has 0 unspecified atom stereocenters. The maximum Gasteiger partial charge on any atom is 0.191 e. The first kappa shape index (κ1) is 16.7. The molecular formula is C19H22N4S. The minimum Gasteiger partial charge on any atom is -0.302 e. The molecule has 3 aromatic rings. The molecule has 0 N–H and O–H groups in total. The van der Waals surface area contributed by atoms with Gasteiger partial charge in [-0.1, -0.05) is 55.4 Å². The van der Waals surface area contributed by atoms with Gasteiger partial charge in [-0.2, -0.15) is 0 Å². The van der Waals surface area contributed by atoms with Crippen molar-refractivity contribution in [1.82, 2.24) is 19.7 Å². The van der Waals surface area contributed by atoms with E-state index in [1.807, 2.05) is 12.1 Å². The fourth-order valence-corrected chi connectivity index (χ4v) is 3.48. The van der Waals surface area contributed by atoms with Gasteiger partial charge in [0.1, 0.15) is 0 Å². The van der Waals surface area contributed by atoms with Crippen LogP contribution in [0.15, 0.2) is 53.9 Å². The van der Waals surface area contributed by atoms with E-state index in [0.717, 1.165) is 28.8 Å². The Morgan fingerprint density at radius 3 is 2.58 bits per heavy atom. The lowest BCUT2D eigenvalue weighted by Gasteiger charge is -2.12. The summed E-state index contributed by atoms with van der Waals surface area (Å²) in [6, 6.07) is 12.6. The van der Waals surface area contributed by atoms with Gasteiger partial charge in [0.15, 0.2) is 11.0 Å². The van der Waals surface area contributed by atoms with Crippen LogP contribution in [0.4, 0.5) is 0 Å². The van der Waals surface area contributed by atoms with Crippen LogP contribution in [-0.4, -0.2) is 19.7 Å². The lowest BCUT2D eigenvalue weighted by Crippen LogP contribution is -2.07. The van der Waals surface area contributed by atoms with Gasteiger partial charge in [0.05, 0.1) is 0 Å². The number of nitrogens with zero attached hydrogens (tertiary/aromatic N) is 4. The zero-order chi connectivity index (χ0) is 16.9. The number of hydrogen-bond acceptors (Lipinski definition) is 4. The Morgan fingerprint density at radius 2 is 1.88 bits per heavy atom. The number of pyridine rings is 1. The van der Waals surface area contributed by atoms with E-state index in [0.29, 0.717) is 5.92 Å². The molecule has 0 saturated heterocycles. The fraction of sp³-hybridized carbons (Fsp3) is 0.316. The second-order valence-electron chi connectivity index (χ2n) is 6.32. The van der Waals surface area contributed by atoms with Gasteiger partial charge in [-0.25, -0.2) is 0 Å². The fourth-order valence-electron chi connectivity index (χ4n) is 2.59. The molecule has 124 valence electrons. The Labute approximate surface area is 147 Å². The van der Waals surface area contributed by atoms with Crippen molar-refractivity contribution in [3.63, 3.8) is 0 Å². The van der Waals surface area contributed by atoms with Gasteiger partial charge in [0.25, 0.3) is 0 Å². The Morgan fingerprint density at radius 1 is 1.08 bits per heavy atom. The molecule has 0 aliphatic heterocycles. The van der Waals surface area contributed by atoms with E-state index in [9.17, 15) is 0 Å². The molecule has 4 nitrogen and oxygen atoms in total. The highest BCUT2D eigenvalue weighted by molar-refractivity contribution is 7.98. The summed E-state index contributed by atoms with van der Waals surface area (Å²) in [6.07, 6.45) is 3.59. The normalized spacial score (nSPS) is 11.2. The van der Waals surface area contributed by atoms with Gasteiger partial charge in [0.2, 0.25) is 0 Å². The van der Waals surface area contributed by atoms with Gasteiger partial charge in [-0.15, -0.1) is 10.2 Å². The second kappa shape index (κ2) is 7.62. The smallest absolute Gasteiger partial charge is 0.191 e. The van der Waals surface area contributed by atoms with Gasteiger partial charge in [0, 0.05) is 30.3 Å². The molecule has 0 radical (unpaired) electrons. The summed E-state index contributed by atoms with van der Waals surface area (Å²) in [5.74, 6) is 2.34. The zero-order valence-corrected chi connectivity index (χ0v) is 15.1. The lowest BCUT2D eigenvalue weighted by atomic mass is 10.2. The van der Waals surface area contributed by atoms with E-state index in [1.54, 1.807) is 24.2 Å². The van der Waals surface area contributed by atoms with Crippen LogP contribution in [0.1, 0.15) is 25.0 Å². The van der Waals surface area contributed by atoms with E-state index in [4.69, 9.17) is 0 Å². The van der Waals surface area contributed by atoms with Crippen molar-refractivity contribution in [3.8, 4) is 11.4 Å². The standard InChI is InChI=1S/C19H22N4S/c1-14(2)12-23-18(17-7-9-20-10-8-17)21-22-19(23)24-13-16-6-4-5-15(3)11-16/h4-11,14H,12-13H2,1-3H3. The molecule has 1 aromatic carbocycles.